The van der Waals surface area contributed by atoms with Crippen molar-refractivity contribution >= 4 is 0 Å². The lowest BCUT2D eigenvalue weighted by molar-refractivity contribution is 0.175. The molecule has 19 heavy (non-hydrogen) atoms. The van der Waals surface area contributed by atoms with Gasteiger partial charge in [-0.1, -0.05) is 18.2 Å². The van der Waals surface area contributed by atoms with Gasteiger partial charge in [0.1, 0.15) is 17.6 Å². The molecule has 2 nitrogen and oxygen atoms in total. The molecule has 3 rings (SSSR count). The fourth-order valence-electron chi connectivity index (χ4n) is 2.91. The van der Waals surface area contributed by atoms with Crippen molar-refractivity contribution < 1.29 is 9.84 Å². The molecular weight excluding hydrogens is 236 g/mol. The maximum Gasteiger partial charge on any atom is 0.125 e. The molecule has 1 aliphatic rings. The van der Waals surface area contributed by atoms with Crippen LogP contribution in [0.3, 0.4) is 0 Å². The maximum atomic E-state index is 9.50. The highest BCUT2D eigenvalue weighted by atomic mass is 16.5. The van der Waals surface area contributed by atoms with Gasteiger partial charge in [-0.2, -0.15) is 0 Å². The highest BCUT2D eigenvalue weighted by molar-refractivity contribution is 5.43. The molecule has 1 unspecified atom stereocenters. The molecule has 2 aromatic rings. The standard InChI is InChI=1S/C17H18O2/c1-11-4-3-5-12(2)17(11)16-8-6-13-10-14(18)7-9-15(13)19-16/h3-5,7,9-10,16,18H,6,8H2,1-2H3. The molecule has 1 heterocycles. The highest BCUT2D eigenvalue weighted by Crippen LogP contribution is 2.38. The van der Waals surface area contributed by atoms with E-state index < -0.39 is 0 Å². The molecule has 1 N–H and O–H groups in total. The van der Waals surface area contributed by atoms with E-state index in [9.17, 15) is 5.11 Å². The number of fused-ring (bicyclic) bond motifs is 1. The Bertz CT molecular complexity index is 596. The molecule has 0 saturated carbocycles. The van der Waals surface area contributed by atoms with Gasteiger partial charge < -0.3 is 9.84 Å². The van der Waals surface area contributed by atoms with Crippen LogP contribution in [0.4, 0.5) is 0 Å². The number of phenols is 1. The summed E-state index contributed by atoms with van der Waals surface area (Å²) >= 11 is 0. The van der Waals surface area contributed by atoms with Crippen LogP contribution in [0.5, 0.6) is 11.5 Å². The van der Waals surface area contributed by atoms with Gasteiger partial charge in [0.05, 0.1) is 0 Å². The van der Waals surface area contributed by atoms with Crippen LogP contribution in [-0.4, -0.2) is 5.11 Å². The molecule has 98 valence electrons. The van der Waals surface area contributed by atoms with Crippen LogP contribution >= 0.6 is 0 Å². The second-order valence-electron chi connectivity index (χ2n) is 5.24. The number of benzene rings is 2. The van der Waals surface area contributed by atoms with Gasteiger partial charge in [0, 0.05) is 0 Å². The van der Waals surface area contributed by atoms with Crippen molar-refractivity contribution in [2.45, 2.75) is 32.8 Å². The summed E-state index contributed by atoms with van der Waals surface area (Å²) in [5.41, 5.74) is 4.98. The molecule has 0 aromatic heterocycles. The van der Waals surface area contributed by atoms with Crippen molar-refractivity contribution in [2.24, 2.45) is 0 Å². The van der Waals surface area contributed by atoms with Crippen molar-refractivity contribution in [1.29, 1.82) is 0 Å². The Kier molecular flexibility index (Phi) is 2.94. The summed E-state index contributed by atoms with van der Waals surface area (Å²) < 4.78 is 6.12. The van der Waals surface area contributed by atoms with Crippen LogP contribution < -0.4 is 4.74 Å². The smallest absolute Gasteiger partial charge is 0.125 e. The largest absolute Gasteiger partial charge is 0.508 e. The zero-order valence-electron chi connectivity index (χ0n) is 11.3. The summed E-state index contributed by atoms with van der Waals surface area (Å²) in [5, 5.41) is 9.50. The number of aromatic hydroxyl groups is 1. The Morgan fingerprint density at radius 1 is 1.11 bits per heavy atom. The first kappa shape index (κ1) is 12.1. The maximum absolute atomic E-state index is 9.50. The molecular formula is C17H18O2. The average molecular weight is 254 g/mol. The van der Waals surface area contributed by atoms with Crippen molar-refractivity contribution in [1.82, 2.24) is 0 Å². The van der Waals surface area contributed by atoms with Gasteiger partial charge in [-0.05, 0) is 67.1 Å². The second kappa shape index (κ2) is 4.61. The zero-order valence-corrected chi connectivity index (χ0v) is 11.3. The first-order valence-electron chi connectivity index (χ1n) is 6.70. The van der Waals surface area contributed by atoms with Gasteiger partial charge in [0.2, 0.25) is 0 Å². The monoisotopic (exact) mass is 254 g/mol. The van der Waals surface area contributed by atoms with Crippen LogP contribution in [0, 0.1) is 13.8 Å². The molecule has 0 spiro atoms. The van der Waals surface area contributed by atoms with Gasteiger partial charge in [-0.3, -0.25) is 0 Å². The third kappa shape index (κ3) is 2.19. The van der Waals surface area contributed by atoms with Crippen LogP contribution in [0.25, 0.3) is 0 Å². The number of phenolic OH excluding ortho intramolecular Hbond substituents is 1. The highest BCUT2D eigenvalue weighted by Gasteiger charge is 2.23. The molecule has 1 aliphatic heterocycles. The van der Waals surface area contributed by atoms with Crippen molar-refractivity contribution in [3.8, 4) is 11.5 Å². The van der Waals surface area contributed by atoms with E-state index in [1.54, 1.807) is 12.1 Å². The fourth-order valence-corrected chi connectivity index (χ4v) is 2.91. The average Bonchev–Trinajstić information content (AvgIpc) is 2.38. The normalized spacial score (nSPS) is 17.7. The Morgan fingerprint density at radius 3 is 2.58 bits per heavy atom. The quantitative estimate of drug-likeness (QED) is 0.831. The predicted molar refractivity (Wildman–Crippen MR) is 75.7 cm³/mol. The number of ether oxygens (including phenoxy) is 1. The first-order chi connectivity index (χ1) is 9.15. The van der Waals surface area contributed by atoms with E-state index in [2.05, 4.69) is 32.0 Å². The van der Waals surface area contributed by atoms with Crippen LogP contribution in [0.15, 0.2) is 36.4 Å². The Hall–Kier alpha value is -1.96. The van der Waals surface area contributed by atoms with Crippen LogP contribution in [0.2, 0.25) is 0 Å². The predicted octanol–water partition coefficient (Wildman–Crippen LogP) is 4.08. The molecule has 2 heteroatoms. The van der Waals surface area contributed by atoms with E-state index in [0.29, 0.717) is 5.75 Å². The summed E-state index contributed by atoms with van der Waals surface area (Å²) in [6, 6.07) is 11.7. The minimum absolute atomic E-state index is 0.123. The summed E-state index contributed by atoms with van der Waals surface area (Å²) in [6.07, 6.45) is 2.03. The Morgan fingerprint density at radius 2 is 1.84 bits per heavy atom. The summed E-state index contributed by atoms with van der Waals surface area (Å²) in [6.45, 7) is 4.27. The second-order valence-corrected chi connectivity index (χ2v) is 5.24. The molecule has 0 bridgehead atoms. The van der Waals surface area contributed by atoms with E-state index >= 15 is 0 Å². The van der Waals surface area contributed by atoms with Crippen molar-refractivity contribution in [2.75, 3.05) is 0 Å². The third-order valence-corrected chi connectivity index (χ3v) is 3.85. The van der Waals surface area contributed by atoms with Crippen LogP contribution in [-0.2, 0) is 6.42 Å². The lowest BCUT2D eigenvalue weighted by Crippen LogP contribution is -2.17. The topological polar surface area (TPSA) is 29.5 Å². The molecule has 2 aromatic carbocycles. The molecule has 0 fully saturated rings. The Labute approximate surface area is 113 Å². The third-order valence-electron chi connectivity index (χ3n) is 3.85. The van der Waals surface area contributed by atoms with E-state index in [1.807, 2.05) is 6.07 Å². The minimum Gasteiger partial charge on any atom is -0.508 e. The van der Waals surface area contributed by atoms with Crippen molar-refractivity contribution in [3.05, 3.63) is 58.7 Å². The van der Waals surface area contributed by atoms with Crippen LogP contribution in [0.1, 0.15) is 34.8 Å². The molecule has 0 radical (unpaired) electrons. The zero-order chi connectivity index (χ0) is 13.4. The lowest BCUT2D eigenvalue weighted by atomic mass is 9.92. The number of rotatable bonds is 1. The molecule has 0 aliphatic carbocycles. The van der Waals surface area contributed by atoms with Gasteiger partial charge in [0.25, 0.3) is 0 Å². The van der Waals surface area contributed by atoms with Gasteiger partial charge in [0.15, 0.2) is 0 Å². The number of aryl methyl sites for hydroxylation is 3. The summed E-state index contributed by atoms with van der Waals surface area (Å²) in [5.74, 6) is 1.21. The molecule has 0 amide bonds. The fraction of sp³-hybridized carbons (Fsp3) is 0.294. The van der Waals surface area contributed by atoms with E-state index in [1.165, 1.54) is 16.7 Å². The Balaban J connectivity index is 1.96. The molecule has 0 saturated heterocycles. The van der Waals surface area contributed by atoms with Gasteiger partial charge >= 0.3 is 0 Å². The first-order valence-corrected chi connectivity index (χ1v) is 6.70. The van der Waals surface area contributed by atoms with Gasteiger partial charge in [-0.25, -0.2) is 0 Å². The van der Waals surface area contributed by atoms with E-state index in [4.69, 9.17) is 4.74 Å². The number of hydrogen-bond donors (Lipinski definition) is 1. The summed E-state index contributed by atoms with van der Waals surface area (Å²) in [4.78, 5) is 0. The van der Waals surface area contributed by atoms with Crippen molar-refractivity contribution in [3.63, 3.8) is 0 Å². The minimum atomic E-state index is 0.123. The van der Waals surface area contributed by atoms with E-state index in [0.717, 1.165) is 24.2 Å². The van der Waals surface area contributed by atoms with E-state index in [-0.39, 0.29) is 6.10 Å². The molecule has 1 atom stereocenters. The number of hydrogen-bond acceptors (Lipinski definition) is 2. The summed E-state index contributed by atoms with van der Waals surface area (Å²) in [7, 11) is 0. The van der Waals surface area contributed by atoms with Gasteiger partial charge in [-0.15, -0.1) is 0 Å². The SMILES string of the molecule is Cc1cccc(C)c1C1CCc2cc(O)ccc2O1. The lowest BCUT2D eigenvalue weighted by Gasteiger charge is -2.28.